The summed E-state index contributed by atoms with van der Waals surface area (Å²) in [7, 11) is 1.83. The first-order valence-electron chi connectivity index (χ1n) is 8.07. The van der Waals surface area contributed by atoms with E-state index in [0.29, 0.717) is 5.92 Å². The van der Waals surface area contributed by atoms with Gasteiger partial charge >= 0.3 is 0 Å². The highest BCUT2D eigenvalue weighted by atomic mass is 16.5. The SMILES string of the molecule is CO/C1=C\C(C)CCCCCCCCCCCC1. The van der Waals surface area contributed by atoms with Crippen molar-refractivity contribution in [1.29, 1.82) is 0 Å². The number of methoxy groups -OCH3 is 1. The Labute approximate surface area is 114 Å². The Morgan fingerprint density at radius 2 is 1.33 bits per heavy atom. The van der Waals surface area contributed by atoms with Gasteiger partial charge in [-0.2, -0.15) is 0 Å². The molecule has 0 N–H and O–H groups in total. The standard InChI is InChI=1S/C17H32O/c1-16-13-11-9-7-5-3-4-6-8-10-12-14-17(15-16)18-2/h15-16H,3-14H2,1-2H3/b17-15-. The van der Waals surface area contributed by atoms with Crippen molar-refractivity contribution in [3.8, 4) is 0 Å². The van der Waals surface area contributed by atoms with E-state index in [9.17, 15) is 0 Å². The van der Waals surface area contributed by atoms with Gasteiger partial charge in [0.25, 0.3) is 0 Å². The Morgan fingerprint density at radius 3 is 1.89 bits per heavy atom. The molecule has 0 saturated heterocycles. The van der Waals surface area contributed by atoms with E-state index in [1.165, 1.54) is 76.4 Å². The lowest BCUT2D eigenvalue weighted by Gasteiger charge is -2.10. The summed E-state index contributed by atoms with van der Waals surface area (Å²) in [5.74, 6) is 1.91. The second-order valence-electron chi connectivity index (χ2n) is 5.89. The number of ether oxygens (including phenoxy) is 1. The van der Waals surface area contributed by atoms with Crippen LogP contribution in [0.25, 0.3) is 0 Å². The monoisotopic (exact) mass is 252 g/mol. The molecule has 0 amide bonds. The Bertz CT molecular complexity index is 220. The van der Waals surface area contributed by atoms with E-state index in [0.717, 1.165) is 6.42 Å². The zero-order chi connectivity index (χ0) is 13.1. The first-order chi connectivity index (χ1) is 8.83. The maximum absolute atomic E-state index is 5.51. The van der Waals surface area contributed by atoms with Crippen LogP contribution in [0.3, 0.4) is 0 Å². The summed E-state index contributed by atoms with van der Waals surface area (Å²) < 4.78 is 5.51. The molecule has 1 atom stereocenters. The third-order valence-electron chi connectivity index (χ3n) is 4.07. The summed E-state index contributed by atoms with van der Waals surface area (Å²) in [6.45, 7) is 2.33. The minimum absolute atomic E-state index is 0.685. The molecular formula is C17H32O. The number of allylic oxidation sites excluding steroid dienone is 2. The number of hydrogen-bond donors (Lipinski definition) is 0. The Balaban J connectivity index is 2.37. The van der Waals surface area contributed by atoms with Crippen molar-refractivity contribution in [3.05, 3.63) is 11.8 Å². The Morgan fingerprint density at radius 1 is 0.833 bits per heavy atom. The van der Waals surface area contributed by atoms with Crippen LogP contribution in [0.15, 0.2) is 11.8 Å². The fourth-order valence-electron chi connectivity index (χ4n) is 2.83. The maximum Gasteiger partial charge on any atom is 0.0918 e. The summed E-state index contributed by atoms with van der Waals surface area (Å²) in [6, 6.07) is 0. The van der Waals surface area contributed by atoms with Crippen LogP contribution in [0.2, 0.25) is 0 Å². The van der Waals surface area contributed by atoms with Crippen LogP contribution < -0.4 is 0 Å². The molecule has 0 aromatic rings. The highest BCUT2D eigenvalue weighted by Gasteiger charge is 2.04. The molecule has 1 nitrogen and oxygen atoms in total. The van der Waals surface area contributed by atoms with Gasteiger partial charge in [-0.15, -0.1) is 0 Å². The van der Waals surface area contributed by atoms with E-state index in [1.54, 1.807) is 0 Å². The predicted octanol–water partition coefficient (Wildman–Crippen LogP) is 5.85. The van der Waals surface area contributed by atoms with Crippen molar-refractivity contribution in [2.45, 2.75) is 84.0 Å². The molecule has 1 rings (SSSR count). The fourth-order valence-corrected chi connectivity index (χ4v) is 2.83. The van der Waals surface area contributed by atoms with Gasteiger partial charge in [0.1, 0.15) is 0 Å². The zero-order valence-corrected chi connectivity index (χ0v) is 12.5. The molecule has 1 unspecified atom stereocenters. The van der Waals surface area contributed by atoms with Crippen LogP contribution in [0.5, 0.6) is 0 Å². The van der Waals surface area contributed by atoms with Crippen molar-refractivity contribution in [2.75, 3.05) is 7.11 Å². The average molecular weight is 252 g/mol. The minimum atomic E-state index is 0.685. The van der Waals surface area contributed by atoms with Gasteiger partial charge in [-0.25, -0.2) is 0 Å². The number of hydrogen-bond acceptors (Lipinski definition) is 1. The molecular weight excluding hydrogens is 220 g/mol. The van der Waals surface area contributed by atoms with Crippen LogP contribution in [0.1, 0.15) is 84.0 Å². The Kier molecular flexibility index (Phi) is 9.06. The van der Waals surface area contributed by atoms with E-state index >= 15 is 0 Å². The molecule has 0 radical (unpaired) electrons. The van der Waals surface area contributed by atoms with Crippen LogP contribution in [-0.4, -0.2) is 7.11 Å². The maximum atomic E-state index is 5.51. The van der Waals surface area contributed by atoms with Crippen molar-refractivity contribution >= 4 is 0 Å². The Hall–Kier alpha value is -0.460. The second-order valence-corrected chi connectivity index (χ2v) is 5.89. The molecule has 0 aromatic carbocycles. The molecule has 1 aliphatic carbocycles. The van der Waals surface area contributed by atoms with E-state index in [4.69, 9.17) is 4.74 Å². The topological polar surface area (TPSA) is 9.23 Å². The predicted molar refractivity (Wildman–Crippen MR) is 79.7 cm³/mol. The zero-order valence-electron chi connectivity index (χ0n) is 12.5. The van der Waals surface area contributed by atoms with Crippen LogP contribution >= 0.6 is 0 Å². The molecule has 0 fully saturated rings. The van der Waals surface area contributed by atoms with Crippen LogP contribution in [0.4, 0.5) is 0 Å². The number of rotatable bonds is 1. The van der Waals surface area contributed by atoms with E-state index in [-0.39, 0.29) is 0 Å². The van der Waals surface area contributed by atoms with Gasteiger partial charge in [-0.3, -0.25) is 0 Å². The molecule has 18 heavy (non-hydrogen) atoms. The lowest BCUT2D eigenvalue weighted by molar-refractivity contribution is 0.269. The quantitative estimate of drug-likeness (QED) is 0.569. The third kappa shape index (κ3) is 7.79. The van der Waals surface area contributed by atoms with Gasteiger partial charge in [-0.1, -0.05) is 64.7 Å². The summed E-state index contributed by atoms with van der Waals surface area (Å²) >= 11 is 0. The van der Waals surface area contributed by atoms with Crippen molar-refractivity contribution in [1.82, 2.24) is 0 Å². The normalized spacial score (nSPS) is 28.6. The fraction of sp³-hybridized carbons (Fsp3) is 0.882. The van der Waals surface area contributed by atoms with Crippen molar-refractivity contribution in [2.24, 2.45) is 5.92 Å². The molecule has 1 heteroatoms. The summed E-state index contributed by atoms with van der Waals surface area (Å²) in [5, 5.41) is 0. The minimum Gasteiger partial charge on any atom is -0.501 e. The largest absolute Gasteiger partial charge is 0.501 e. The first-order valence-corrected chi connectivity index (χ1v) is 8.07. The molecule has 0 aromatic heterocycles. The molecule has 0 aliphatic heterocycles. The van der Waals surface area contributed by atoms with Gasteiger partial charge in [0.05, 0.1) is 12.9 Å². The molecule has 0 heterocycles. The van der Waals surface area contributed by atoms with Gasteiger partial charge in [-0.05, 0) is 24.8 Å². The summed E-state index contributed by atoms with van der Waals surface area (Å²) in [5.41, 5.74) is 0. The molecule has 106 valence electrons. The highest BCUT2D eigenvalue weighted by Crippen LogP contribution is 2.19. The smallest absolute Gasteiger partial charge is 0.0918 e. The third-order valence-corrected chi connectivity index (χ3v) is 4.07. The van der Waals surface area contributed by atoms with Crippen molar-refractivity contribution in [3.63, 3.8) is 0 Å². The van der Waals surface area contributed by atoms with Gasteiger partial charge in [0.2, 0.25) is 0 Å². The van der Waals surface area contributed by atoms with Gasteiger partial charge in [0.15, 0.2) is 0 Å². The summed E-state index contributed by atoms with van der Waals surface area (Å²) in [6.07, 6.45) is 18.9. The second kappa shape index (κ2) is 10.5. The molecule has 0 saturated carbocycles. The average Bonchev–Trinajstić information content (AvgIpc) is 2.38. The van der Waals surface area contributed by atoms with E-state index in [2.05, 4.69) is 13.0 Å². The molecule has 1 aliphatic rings. The van der Waals surface area contributed by atoms with Crippen LogP contribution in [0, 0.1) is 5.92 Å². The molecule has 0 bridgehead atoms. The van der Waals surface area contributed by atoms with E-state index in [1.807, 2.05) is 7.11 Å². The van der Waals surface area contributed by atoms with Gasteiger partial charge in [0, 0.05) is 6.42 Å². The van der Waals surface area contributed by atoms with Gasteiger partial charge < -0.3 is 4.74 Å². The summed E-state index contributed by atoms with van der Waals surface area (Å²) in [4.78, 5) is 0. The lowest BCUT2D eigenvalue weighted by atomic mass is 10.0. The van der Waals surface area contributed by atoms with Crippen molar-refractivity contribution < 1.29 is 4.74 Å². The molecule has 0 spiro atoms. The highest BCUT2D eigenvalue weighted by molar-refractivity contribution is 4.95. The first kappa shape index (κ1) is 15.6. The van der Waals surface area contributed by atoms with E-state index < -0.39 is 0 Å². The lowest BCUT2D eigenvalue weighted by Crippen LogP contribution is -1.95. The van der Waals surface area contributed by atoms with Crippen LogP contribution in [-0.2, 0) is 4.74 Å².